The van der Waals surface area contributed by atoms with E-state index >= 15 is 0 Å². The van der Waals surface area contributed by atoms with Crippen molar-refractivity contribution in [2.45, 2.75) is 6.42 Å². The van der Waals surface area contributed by atoms with E-state index in [2.05, 4.69) is 5.32 Å². The second-order valence-electron chi connectivity index (χ2n) is 7.88. The molecule has 0 bridgehead atoms. The van der Waals surface area contributed by atoms with Crippen LogP contribution in [0.5, 0.6) is 5.75 Å². The Morgan fingerprint density at radius 3 is 2.35 bits per heavy atom. The lowest BCUT2D eigenvalue weighted by atomic mass is 10.2. The predicted octanol–water partition coefficient (Wildman–Crippen LogP) is 1.72. The summed E-state index contributed by atoms with van der Waals surface area (Å²) in [5.41, 5.74) is 1.32. The molecule has 2 heterocycles. The molecule has 4 amide bonds. The molecular weight excluding hydrogens is 440 g/mol. The van der Waals surface area contributed by atoms with Gasteiger partial charge in [0, 0.05) is 38.4 Å². The van der Waals surface area contributed by atoms with Crippen molar-refractivity contribution in [3.63, 3.8) is 0 Å². The summed E-state index contributed by atoms with van der Waals surface area (Å²) in [4.78, 5) is 53.9. The maximum Gasteiger partial charge on any atom is 0.321 e. The molecule has 34 heavy (non-hydrogen) atoms. The number of fused-ring (bicyclic) bond motifs is 1. The first kappa shape index (κ1) is 23.1. The third kappa shape index (κ3) is 5.64. The number of rotatable bonds is 6. The summed E-state index contributed by atoms with van der Waals surface area (Å²) in [6.45, 7) is 1.17. The van der Waals surface area contributed by atoms with Crippen molar-refractivity contribution in [3.8, 4) is 5.75 Å². The van der Waals surface area contributed by atoms with Gasteiger partial charge in [0.25, 0.3) is 11.8 Å². The Morgan fingerprint density at radius 1 is 0.912 bits per heavy atom. The van der Waals surface area contributed by atoms with Crippen molar-refractivity contribution in [2.75, 3.05) is 56.2 Å². The molecule has 0 aliphatic carbocycles. The Bertz CT molecular complexity index is 1050. The molecule has 2 aliphatic heterocycles. The molecule has 0 radical (unpaired) electrons. The van der Waals surface area contributed by atoms with Gasteiger partial charge in [0.2, 0.25) is 0 Å². The molecular formula is C24H26N4O6. The van der Waals surface area contributed by atoms with E-state index in [1.807, 2.05) is 24.3 Å². The van der Waals surface area contributed by atoms with Crippen LogP contribution in [0.4, 0.5) is 16.2 Å². The van der Waals surface area contributed by atoms with Crippen molar-refractivity contribution in [1.29, 1.82) is 0 Å². The zero-order valence-electron chi connectivity index (χ0n) is 18.6. The van der Waals surface area contributed by atoms with E-state index < -0.39 is 5.97 Å². The maximum atomic E-state index is 12.4. The van der Waals surface area contributed by atoms with Gasteiger partial charge in [-0.1, -0.05) is 30.3 Å². The second kappa shape index (κ2) is 10.7. The zero-order valence-corrected chi connectivity index (χ0v) is 18.6. The molecule has 1 fully saturated rings. The quantitative estimate of drug-likeness (QED) is 0.650. The van der Waals surface area contributed by atoms with E-state index in [1.165, 1.54) is 4.90 Å². The van der Waals surface area contributed by atoms with Gasteiger partial charge in [0.15, 0.2) is 13.2 Å². The van der Waals surface area contributed by atoms with E-state index in [1.54, 1.807) is 40.1 Å². The highest BCUT2D eigenvalue weighted by Gasteiger charge is 2.27. The highest BCUT2D eigenvalue weighted by atomic mass is 16.5. The van der Waals surface area contributed by atoms with Crippen LogP contribution in [0, 0.1) is 0 Å². The van der Waals surface area contributed by atoms with Crippen LogP contribution in [0.25, 0.3) is 0 Å². The Hall–Kier alpha value is -4.08. The fourth-order valence-corrected chi connectivity index (χ4v) is 3.79. The molecule has 0 spiro atoms. The van der Waals surface area contributed by atoms with Crippen molar-refractivity contribution in [2.24, 2.45) is 0 Å². The molecule has 0 aromatic heterocycles. The van der Waals surface area contributed by atoms with Crippen molar-refractivity contribution >= 4 is 35.2 Å². The predicted molar refractivity (Wildman–Crippen MR) is 123 cm³/mol. The number of anilines is 2. The fourth-order valence-electron chi connectivity index (χ4n) is 3.79. The van der Waals surface area contributed by atoms with Gasteiger partial charge in [-0.05, 0) is 24.3 Å². The molecule has 4 rings (SSSR count). The fraction of sp³-hybridized carbons (Fsp3) is 0.333. The number of carbonyl (C=O) groups excluding carboxylic acids is 4. The number of amides is 4. The van der Waals surface area contributed by atoms with Crippen LogP contribution < -0.4 is 15.0 Å². The molecule has 1 N–H and O–H groups in total. The molecule has 1 saturated heterocycles. The summed E-state index contributed by atoms with van der Waals surface area (Å²) in [6, 6.07) is 16.0. The Morgan fingerprint density at radius 2 is 1.59 bits per heavy atom. The summed E-state index contributed by atoms with van der Waals surface area (Å²) in [7, 11) is 0. The summed E-state index contributed by atoms with van der Waals surface area (Å²) in [6.07, 6.45) is -0.0409. The van der Waals surface area contributed by atoms with Gasteiger partial charge in [0.1, 0.15) is 5.75 Å². The summed E-state index contributed by atoms with van der Waals surface area (Å²) < 4.78 is 10.5. The second-order valence-corrected chi connectivity index (χ2v) is 7.88. The number of nitrogens with zero attached hydrogens (tertiary/aromatic N) is 3. The van der Waals surface area contributed by atoms with Crippen molar-refractivity contribution in [3.05, 3.63) is 54.6 Å². The van der Waals surface area contributed by atoms with Crippen LogP contribution in [0.2, 0.25) is 0 Å². The minimum atomic E-state index is -0.564. The van der Waals surface area contributed by atoms with Crippen LogP contribution in [0.3, 0.4) is 0 Å². The number of hydrogen-bond donors (Lipinski definition) is 1. The third-order valence-corrected chi connectivity index (χ3v) is 5.65. The smallest absolute Gasteiger partial charge is 0.321 e. The molecule has 2 aromatic rings. The lowest BCUT2D eigenvalue weighted by Gasteiger charge is -2.34. The van der Waals surface area contributed by atoms with Crippen molar-refractivity contribution in [1.82, 2.24) is 9.80 Å². The van der Waals surface area contributed by atoms with E-state index in [4.69, 9.17) is 9.47 Å². The lowest BCUT2D eigenvalue weighted by molar-refractivity contribution is -0.152. The van der Waals surface area contributed by atoms with Gasteiger partial charge in [0.05, 0.1) is 12.1 Å². The molecule has 2 aromatic carbocycles. The molecule has 0 saturated carbocycles. The van der Waals surface area contributed by atoms with Gasteiger partial charge in [-0.3, -0.25) is 14.4 Å². The lowest BCUT2D eigenvalue weighted by Crippen LogP contribution is -2.52. The number of carbonyl (C=O) groups is 4. The first-order chi connectivity index (χ1) is 16.5. The van der Waals surface area contributed by atoms with E-state index in [9.17, 15) is 19.2 Å². The Labute approximate surface area is 197 Å². The minimum absolute atomic E-state index is 0.0409. The number of ether oxygens (including phenoxy) is 2. The normalized spacial score (nSPS) is 15.3. The van der Waals surface area contributed by atoms with Crippen LogP contribution in [0.1, 0.15) is 6.42 Å². The molecule has 10 heteroatoms. The van der Waals surface area contributed by atoms with Gasteiger partial charge >= 0.3 is 12.0 Å². The standard InChI is InChI=1S/C24H26N4O6/c29-21(26-12-14-27(15-13-26)24(32)25-18-6-2-1-3-7-18)16-34-23(31)10-11-28-19-8-4-5-9-20(19)33-17-22(28)30/h1-9H,10-17H2,(H,25,32). The largest absolute Gasteiger partial charge is 0.482 e. The van der Waals surface area contributed by atoms with Crippen LogP contribution >= 0.6 is 0 Å². The van der Waals surface area contributed by atoms with Gasteiger partial charge in [-0.25, -0.2) is 4.79 Å². The monoisotopic (exact) mass is 466 g/mol. The third-order valence-electron chi connectivity index (χ3n) is 5.65. The van der Waals surface area contributed by atoms with Gasteiger partial charge < -0.3 is 29.5 Å². The summed E-state index contributed by atoms with van der Waals surface area (Å²) >= 11 is 0. The maximum absolute atomic E-state index is 12.4. The SMILES string of the molecule is O=C(CCN1C(=O)COc2ccccc21)OCC(=O)N1CCN(C(=O)Nc2ccccc2)CC1. The van der Waals surface area contributed by atoms with E-state index in [0.717, 1.165) is 0 Å². The number of piperazine rings is 1. The summed E-state index contributed by atoms with van der Waals surface area (Å²) in [5.74, 6) is -0.533. The number of urea groups is 1. The minimum Gasteiger partial charge on any atom is -0.482 e. The Balaban J connectivity index is 1.18. The Kier molecular flexibility index (Phi) is 7.26. The first-order valence-electron chi connectivity index (χ1n) is 11.1. The topological polar surface area (TPSA) is 108 Å². The first-order valence-corrected chi connectivity index (χ1v) is 11.1. The molecule has 0 unspecified atom stereocenters. The molecule has 2 aliphatic rings. The number of para-hydroxylation sites is 3. The number of benzene rings is 2. The van der Waals surface area contributed by atoms with E-state index in [0.29, 0.717) is 43.3 Å². The van der Waals surface area contributed by atoms with Crippen LogP contribution in [-0.4, -0.2) is 79.6 Å². The number of nitrogens with one attached hydrogen (secondary N) is 1. The number of esters is 1. The molecule has 178 valence electrons. The summed E-state index contributed by atoms with van der Waals surface area (Å²) in [5, 5.41) is 2.82. The van der Waals surface area contributed by atoms with Gasteiger partial charge in [-0.2, -0.15) is 0 Å². The van der Waals surface area contributed by atoms with Gasteiger partial charge in [-0.15, -0.1) is 0 Å². The average Bonchev–Trinajstić information content (AvgIpc) is 2.87. The van der Waals surface area contributed by atoms with Crippen LogP contribution in [-0.2, 0) is 19.1 Å². The molecule has 0 atom stereocenters. The van der Waals surface area contributed by atoms with E-state index in [-0.39, 0.29) is 44.0 Å². The molecule has 10 nitrogen and oxygen atoms in total. The zero-order chi connectivity index (χ0) is 23.9. The number of hydrogen-bond acceptors (Lipinski definition) is 6. The van der Waals surface area contributed by atoms with Crippen LogP contribution in [0.15, 0.2) is 54.6 Å². The highest BCUT2D eigenvalue weighted by Crippen LogP contribution is 2.31. The van der Waals surface area contributed by atoms with Crippen molar-refractivity contribution < 1.29 is 28.7 Å². The highest BCUT2D eigenvalue weighted by molar-refractivity contribution is 5.98. The average molecular weight is 466 g/mol.